The lowest BCUT2D eigenvalue weighted by molar-refractivity contribution is -0.123. The van der Waals surface area contributed by atoms with Crippen LogP contribution in [0.25, 0.3) is 6.08 Å². The van der Waals surface area contributed by atoms with Crippen LogP contribution in [0.3, 0.4) is 0 Å². The Labute approximate surface area is 217 Å². The number of hydrogen-bond acceptors (Lipinski definition) is 6. The summed E-state index contributed by atoms with van der Waals surface area (Å²) < 4.78 is 11.8. The quantitative estimate of drug-likeness (QED) is 0.233. The van der Waals surface area contributed by atoms with E-state index in [2.05, 4.69) is 5.43 Å². The molecule has 0 aromatic heterocycles. The summed E-state index contributed by atoms with van der Waals surface area (Å²) in [7, 11) is 0. The van der Waals surface area contributed by atoms with Gasteiger partial charge in [-0.05, 0) is 61.1 Å². The summed E-state index contributed by atoms with van der Waals surface area (Å²) >= 11 is 12.6. The molecule has 0 bridgehead atoms. The van der Waals surface area contributed by atoms with E-state index in [-0.39, 0.29) is 9.88 Å². The van der Waals surface area contributed by atoms with Crippen molar-refractivity contribution in [1.29, 1.82) is 0 Å². The molecule has 1 N–H and O–H groups in total. The number of rotatable bonds is 8. The zero-order chi connectivity index (χ0) is 24.8. The maximum Gasteiger partial charge on any atom is 0.285 e. The van der Waals surface area contributed by atoms with E-state index in [1.54, 1.807) is 24.3 Å². The Morgan fingerprint density at radius 1 is 1.06 bits per heavy atom. The molecule has 178 valence electrons. The van der Waals surface area contributed by atoms with Gasteiger partial charge in [0.2, 0.25) is 0 Å². The van der Waals surface area contributed by atoms with Crippen LogP contribution in [0.5, 0.6) is 11.5 Å². The molecule has 3 aromatic carbocycles. The van der Waals surface area contributed by atoms with Gasteiger partial charge in [-0.15, -0.1) is 0 Å². The van der Waals surface area contributed by atoms with Crippen LogP contribution in [-0.2, 0) is 4.79 Å². The minimum absolute atomic E-state index is 0.215. The molecule has 1 fully saturated rings. The van der Waals surface area contributed by atoms with E-state index >= 15 is 0 Å². The maximum absolute atomic E-state index is 13.0. The van der Waals surface area contributed by atoms with Crippen molar-refractivity contribution >= 4 is 57.8 Å². The van der Waals surface area contributed by atoms with Gasteiger partial charge in [0.05, 0.1) is 15.5 Å². The second kappa shape index (κ2) is 11.4. The van der Waals surface area contributed by atoms with E-state index in [4.69, 9.17) is 33.3 Å². The lowest BCUT2D eigenvalue weighted by atomic mass is 10.1. The fraction of sp³-hybridized carbons (Fsp3) is 0.115. The lowest BCUT2D eigenvalue weighted by Crippen LogP contribution is -2.44. The Morgan fingerprint density at radius 2 is 1.77 bits per heavy atom. The van der Waals surface area contributed by atoms with Gasteiger partial charge in [0.15, 0.2) is 4.32 Å². The fourth-order valence-electron chi connectivity index (χ4n) is 3.23. The van der Waals surface area contributed by atoms with Gasteiger partial charge in [0.1, 0.15) is 24.7 Å². The normalized spacial score (nSPS) is 14.3. The number of aryl methyl sites for hydroxylation is 1. The molecule has 1 saturated heterocycles. The third-order valence-electron chi connectivity index (χ3n) is 4.93. The molecule has 6 nitrogen and oxygen atoms in total. The highest BCUT2D eigenvalue weighted by Crippen LogP contribution is 2.33. The Bertz CT molecular complexity index is 1300. The minimum Gasteiger partial charge on any atom is -0.490 e. The summed E-state index contributed by atoms with van der Waals surface area (Å²) in [4.78, 5) is 26.0. The van der Waals surface area contributed by atoms with Crippen LogP contribution < -0.4 is 14.9 Å². The van der Waals surface area contributed by atoms with E-state index in [0.29, 0.717) is 34.5 Å². The molecule has 3 aromatic rings. The Morgan fingerprint density at radius 3 is 2.54 bits per heavy atom. The first-order valence-electron chi connectivity index (χ1n) is 10.7. The van der Waals surface area contributed by atoms with Gasteiger partial charge in [0.25, 0.3) is 11.8 Å². The number of hydrogen-bond donors (Lipinski definition) is 1. The summed E-state index contributed by atoms with van der Waals surface area (Å²) in [6.45, 7) is 2.57. The average molecular weight is 525 g/mol. The topological polar surface area (TPSA) is 67.9 Å². The number of thiocarbonyl (C=S) groups is 1. The van der Waals surface area contributed by atoms with Crippen molar-refractivity contribution in [3.8, 4) is 11.5 Å². The van der Waals surface area contributed by atoms with Crippen LogP contribution in [0, 0.1) is 6.92 Å². The highest BCUT2D eigenvalue weighted by Gasteiger charge is 2.34. The van der Waals surface area contributed by atoms with E-state index in [0.717, 1.165) is 28.1 Å². The number of ether oxygens (including phenoxy) is 2. The average Bonchev–Trinajstić information content (AvgIpc) is 3.10. The number of para-hydroxylation sites is 2. The highest BCUT2D eigenvalue weighted by atomic mass is 35.5. The monoisotopic (exact) mass is 524 g/mol. The predicted molar refractivity (Wildman–Crippen MR) is 143 cm³/mol. The molecule has 2 amide bonds. The van der Waals surface area contributed by atoms with Crippen LogP contribution in [0.1, 0.15) is 21.5 Å². The first-order valence-corrected chi connectivity index (χ1v) is 12.3. The van der Waals surface area contributed by atoms with Crippen molar-refractivity contribution in [2.24, 2.45) is 0 Å². The number of carbonyl (C=O) groups is 2. The molecule has 4 rings (SSSR count). The molecule has 35 heavy (non-hydrogen) atoms. The number of nitrogens with one attached hydrogen (secondary N) is 1. The highest BCUT2D eigenvalue weighted by molar-refractivity contribution is 8.26. The van der Waals surface area contributed by atoms with Crippen LogP contribution in [0.15, 0.2) is 77.7 Å². The standard InChI is InChI=1S/C26H21ClN2O4S2/c1-17-11-12-20(21(27)15-17)24(30)28-29-25(31)23(35-26(29)34)16-18-7-5-6-10-22(18)33-14-13-32-19-8-3-2-4-9-19/h2-12,15-16H,13-14H2,1H3,(H,28,30)/b23-16+. The van der Waals surface area contributed by atoms with Gasteiger partial charge in [-0.1, -0.05) is 65.8 Å². The molecule has 0 saturated carbocycles. The summed E-state index contributed by atoms with van der Waals surface area (Å²) in [6, 6.07) is 21.9. The van der Waals surface area contributed by atoms with E-state index in [1.165, 1.54) is 0 Å². The molecule has 1 aliphatic rings. The minimum atomic E-state index is -0.519. The molecule has 1 aliphatic heterocycles. The first kappa shape index (κ1) is 24.8. The van der Waals surface area contributed by atoms with E-state index in [1.807, 2.05) is 61.5 Å². The third-order valence-corrected chi connectivity index (χ3v) is 6.55. The van der Waals surface area contributed by atoms with Gasteiger partial charge in [-0.2, -0.15) is 5.01 Å². The third kappa shape index (κ3) is 6.22. The molecular formula is C26H21ClN2O4S2. The number of benzene rings is 3. The van der Waals surface area contributed by atoms with Crippen LogP contribution in [0.2, 0.25) is 5.02 Å². The number of nitrogens with zero attached hydrogens (tertiary/aromatic N) is 1. The van der Waals surface area contributed by atoms with E-state index in [9.17, 15) is 9.59 Å². The Hall–Kier alpha value is -3.33. The predicted octanol–water partition coefficient (Wildman–Crippen LogP) is 5.65. The number of thioether (sulfide) groups is 1. The summed E-state index contributed by atoms with van der Waals surface area (Å²) in [5.74, 6) is 0.417. The van der Waals surface area contributed by atoms with Gasteiger partial charge >= 0.3 is 0 Å². The number of amides is 2. The molecule has 9 heteroatoms. The largest absolute Gasteiger partial charge is 0.490 e. The molecule has 0 radical (unpaired) electrons. The number of halogens is 1. The molecule has 0 atom stereocenters. The first-order chi connectivity index (χ1) is 16.9. The van der Waals surface area contributed by atoms with Crippen molar-refractivity contribution in [1.82, 2.24) is 10.4 Å². The smallest absolute Gasteiger partial charge is 0.285 e. The summed E-state index contributed by atoms with van der Waals surface area (Å²) in [6.07, 6.45) is 1.69. The van der Waals surface area contributed by atoms with Crippen LogP contribution >= 0.6 is 35.6 Å². The van der Waals surface area contributed by atoms with Gasteiger partial charge in [-0.25, -0.2) is 0 Å². The van der Waals surface area contributed by atoms with E-state index < -0.39 is 11.8 Å². The van der Waals surface area contributed by atoms with Crippen LogP contribution in [-0.4, -0.2) is 34.4 Å². The molecule has 0 unspecified atom stereocenters. The SMILES string of the molecule is Cc1ccc(C(=O)NN2C(=O)/C(=C\c3ccccc3OCCOc3ccccc3)SC2=S)c(Cl)c1. The van der Waals surface area contributed by atoms with Crippen molar-refractivity contribution in [2.45, 2.75) is 6.92 Å². The van der Waals surface area contributed by atoms with Crippen molar-refractivity contribution in [3.05, 3.63) is 99.4 Å². The fourth-order valence-corrected chi connectivity index (χ4v) is 4.72. The molecule has 0 aliphatic carbocycles. The van der Waals surface area contributed by atoms with Gasteiger partial charge in [0, 0.05) is 5.56 Å². The zero-order valence-electron chi connectivity index (χ0n) is 18.7. The van der Waals surface area contributed by atoms with Gasteiger partial charge < -0.3 is 9.47 Å². The molecule has 1 heterocycles. The number of hydrazine groups is 1. The summed E-state index contributed by atoms with van der Waals surface area (Å²) in [5, 5.41) is 1.35. The van der Waals surface area contributed by atoms with Crippen molar-refractivity contribution < 1.29 is 19.1 Å². The van der Waals surface area contributed by atoms with Crippen LogP contribution in [0.4, 0.5) is 0 Å². The number of carbonyl (C=O) groups excluding carboxylic acids is 2. The molecule has 0 spiro atoms. The Balaban J connectivity index is 1.42. The lowest BCUT2D eigenvalue weighted by Gasteiger charge is -2.16. The van der Waals surface area contributed by atoms with Crippen molar-refractivity contribution in [3.63, 3.8) is 0 Å². The maximum atomic E-state index is 13.0. The van der Waals surface area contributed by atoms with Gasteiger partial charge in [-0.3, -0.25) is 15.0 Å². The zero-order valence-corrected chi connectivity index (χ0v) is 21.1. The van der Waals surface area contributed by atoms with Crippen molar-refractivity contribution in [2.75, 3.05) is 13.2 Å². The molecular weight excluding hydrogens is 504 g/mol. The second-order valence-corrected chi connectivity index (χ2v) is 9.57. The Kier molecular flexibility index (Phi) is 8.07. The second-order valence-electron chi connectivity index (χ2n) is 7.49. The summed E-state index contributed by atoms with van der Waals surface area (Å²) in [5.41, 5.74) is 4.44.